The Bertz CT molecular complexity index is 370. The van der Waals surface area contributed by atoms with Crippen LogP contribution in [0.5, 0.6) is 0 Å². The summed E-state index contributed by atoms with van der Waals surface area (Å²) >= 11 is 0. The predicted molar refractivity (Wildman–Crippen MR) is 55.4 cm³/mol. The maximum absolute atomic E-state index is 13.4. The molecule has 0 amide bonds. The first-order valence-corrected chi connectivity index (χ1v) is 4.41. The standard InChI is InChI=1S/C9H12FN3O2/c1-12(5-4-11)9-3-2-7(13(14)15)6-8(9)10/h2-3,6H,4-5,11H2,1H3. The lowest BCUT2D eigenvalue weighted by Crippen LogP contribution is -2.25. The lowest BCUT2D eigenvalue weighted by atomic mass is 10.2. The Balaban J connectivity index is 2.97. The van der Waals surface area contributed by atoms with Crippen LogP contribution in [-0.4, -0.2) is 25.1 Å². The zero-order valence-corrected chi connectivity index (χ0v) is 8.31. The lowest BCUT2D eigenvalue weighted by molar-refractivity contribution is -0.385. The number of anilines is 1. The number of hydrogen-bond donors (Lipinski definition) is 1. The van der Waals surface area contributed by atoms with E-state index in [0.717, 1.165) is 6.07 Å². The van der Waals surface area contributed by atoms with Crippen molar-refractivity contribution in [1.29, 1.82) is 0 Å². The molecule has 0 aliphatic rings. The summed E-state index contributed by atoms with van der Waals surface area (Å²) in [4.78, 5) is 11.3. The van der Waals surface area contributed by atoms with Gasteiger partial charge in [0.15, 0.2) is 5.82 Å². The van der Waals surface area contributed by atoms with Gasteiger partial charge in [-0.05, 0) is 6.07 Å². The van der Waals surface area contributed by atoms with E-state index in [1.807, 2.05) is 0 Å². The van der Waals surface area contributed by atoms with E-state index >= 15 is 0 Å². The van der Waals surface area contributed by atoms with Gasteiger partial charge >= 0.3 is 0 Å². The van der Waals surface area contributed by atoms with Crippen LogP contribution in [0.1, 0.15) is 0 Å². The highest BCUT2D eigenvalue weighted by atomic mass is 19.1. The third-order valence-electron chi connectivity index (χ3n) is 2.02. The summed E-state index contributed by atoms with van der Waals surface area (Å²) in [6.07, 6.45) is 0. The normalized spacial score (nSPS) is 10.1. The molecule has 15 heavy (non-hydrogen) atoms. The Labute approximate surface area is 86.4 Å². The second kappa shape index (κ2) is 4.70. The molecule has 6 heteroatoms. The third-order valence-corrected chi connectivity index (χ3v) is 2.02. The summed E-state index contributed by atoms with van der Waals surface area (Å²) in [7, 11) is 1.68. The number of nitro groups is 1. The number of hydrogen-bond acceptors (Lipinski definition) is 4. The summed E-state index contributed by atoms with van der Waals surface area (Å²) in [5.41, 5.74) is 5.38. The van der Waals surface area contributed by atoms with Crippen LogP contribution in [-0.2, 0) is 0 Å². The van der Waals surface area contributed by atoms with Crippen molar-refractivity contribution >= 4 is 11.4 Å². The van der Waals surface area contributed by atoms with Crippen molar-refractivity contribution in [2.45, 2.75) is 0 Å². The Hall–Kier alpha value is -1.69. The van der Waals surface area contributed by atoms with Gasteiger partial charge in [-0.2, -0.15) is 0 Å². The van der Waals surface area contributed by atoms with Crippen molar-refractivity contribution in [3.05, 3.63) is 34.1 Å². The van der Waals surface area contributed by atoms with E-state index in [4.69, 9.17) is 5.73 Å². The molecule has 0 aliphatic carbocycles. The quantitative estimate of drug-likeness (QED) is 0.601. The zero-order chi connectivity index (χ0) is 11.4. The van der Waals surface area contributed by atoms with E-state index in [0.29, 0.717) is 18.8 Å². The maximum atomic E-state index is 13.4. The minimum absolute atomic E-state index is 0.252. The Morgan fingerprint density at radius 1 is 1.60 bits per heavy atom. The minimum atomic E-state index is -0.629. The van der Waals surface area contributed by atoms with Crippen molar-refractivity contribution < 1.29 is 9.31 Å². The van der Waals surface area contributed by atoms with Crippen molar-refractivity contribution in [2.75, 3.05) is 25.0 Å². The molecule has 0 aliphatic heterocycles. The van der Waals surface area contributed by atoms with Gasteiger partial charge in [0.25, 0.3) is 5.69 Å². The van der Waals surface area contributed by atoms with Crippen LogP contribution in [0.3, 0.4) is 0 Å². The fraction of sp³-hybridized carbons (Fsp3) is 0.333. The van der Waals surface area contributed by atoms with Gasteiger partial charge in [0, 0.05) is 26.2 Å². The summed E-state index contributed by atoms with van der Waals surface area (Å²) < 4.78 is 13.4. The van der Waals surface area contributed by atoms with Crippen LogP contribution < -0.4 is 10.6 Å². The number of non-ortho nitro benzene ring substituents is 1. The summed E-state index contributed by atoms with van der Waals surface area (Å²) in [6.45, 7) is 0.891. The summed E-state index contributed by atoms with van der Waals surface area (Å²) in [6, 6.07) is 3.55. The van der Waals surface area contributed by atoms with Crippen LogP contribution in [0.15, 0.2) is 18.2 Å². The summed E-state index contributed by atoms with van der Waals surface area (Å²) in [5.74, 6) is -0.611. The van der Waals surface area contributed by atoms with Gasteiger partial charge in [0.1, 0.15) is 0 Å². The van der Waals surface area contributed by atoms with Crippen LogP contribution in [0.4, 0.5) is 15.8 Å². The maximum Gasteiger partial charge on any atom is 0.272 e. The molecular formula is C9H12FN3O2. The Morgan fingerprint density at radius 2 is 2.27 bits per heavy atom. The molecule has 0 saturated carbocycles. The first-order chi connectivity index (χ1) is 7.06. The SMILES string of the molecule is CN(CCN)c1ccc([N+](=O)[O-])cc1F. The van der Waals surface area contributed by atoms with Gasteiger partial charge in [-0.15, -0.1) is 0 Å². The number of likely N-dealkylation sites (N-methyl/N-ethyl adjacent to an activating group) is 1. The molecule has 0 radical (unpaired) electrons. The Kier molecular flexibility index (Phi) is 3.56. The fourth-order valence-electron chi connectivity index (χ4n) is 1.23. The fourth-order valence-corrected chi connectivity index (χ4v) is 1.23. The zero-order valence-electron chi connectivity index (χ0n) is 8.31. The van der Waals surface area contributed by atoms with Gasteiger partial charge in [0.05, 0.1) is 16.7 Å². The molecule has 0 bridgehead atoms. The summed E-state index contributed by atoms with van der Waals surface area (Å²) in [5, 5.41) is 10.4. The van der Waals surface area contributed by atoms with E-state index in [-0.39, 0.29) is 5.69 Å². The average Bonchev–Trinajstić information content (AvgIpc) is 2.17. The molecule has 0 fully saturated rings. The first kappa shape index (κ1) is 11.4. The molecule has 0 heterocycles. The van der Waals surface area contributed by atoms with E-state index in [2.05, 4.69) is 0 Å². The van der Waals surface area contributed by atoms with Crippen molar-refractivity contribution in [3.63, 3.8) is 0 Å². The number of rotatable bonds is 4. The molecular weight excluding hydrogens is 201 g/mol. The molecule has 0 atom stereocenters. The molecule has 0 aromatic heterocycles. The molecule has 1 aromatic carbocycles. The highest BCUT2D eigenvalue weighted by Gasteiger charge is 2.12. The first-order valence-electron chi connectivity index (χ1n) is 4.41. The number of halogens is 1. The number of nitrogens with two attached hydrogens (primary N) is 1. The average molecular weight is 213 g/mol. The minimum Gasteiger partial charge on any atom is -0.371 e. The highest BCUT2D eigenvalue weighted by molar-refractivity contribution is 5.51. The molecule has 0 spiro atoms. The van der Waals surface area contributed by atoms with Gasteiger partial charge < -0.3 is 10.6 Å². The second-order valence-corrected chi connectivity index (χ2v) is 3.10. The smallest absolute Gasteiger partial charge is 0.272 e. The molecule has 2 N–H and O–H groups in total. The largest absolute Gasteiger partial charge is 0.371 e. The van der Waals surface area contributed by atoms with E-state index < -0.39 is 10.7 Å². The lowest BCUT2D eigenvalue weighted by Gasteiger charge is -2.18. The Morgan fingerprint density at radius 3 is 2.73 bits per heavy atom. The number of nitrogens with zero attached hydrogens (tertiary/aromatic N) is 2. The number of benzene rings is 1. The molecule has 0 saturated heterocycles. The van der Waals surface area contributed by atoms with Crippen LogP contribution in [0, 0.1) is 15.9 Å². The predicted octanol–water partition coefficient (Wildman–Crippen LogP) is 1.13. The number of nitro benzene ring substituents is 1. The van der Waals surface area contributed by atoms with E-state index in [1.165, 1.54) is 12.1 Å². The molecule has 0 unspecified atom stereocenters. The van der Waals surface area contributed by atoms with Crippen molar-refractivity contribution in [1.82, 2.24) is 0 Å². The molecule has 82 valence electrons. The van der Waals surface area contributed by atoms with Crippen LogP contribution in [0.2, 0.25) is 0 Å². The highest BCUT2D eigenvalue weighted by Crippen LogP contribution is 2.22. The third kappa shape index (κ3) is 2.63. The topological polar surface area (TPSA) is 72.4 Å². The van der Waals surface area contributed by atoms with Gasteiger partial charge in [-0.3, -0.25) is 10.1 Å². The van der Waals surface area contributed by atoms with Gasteiger partial charge in [-0.25, -0.2) is 4.39 Å². The van der Waals surface area contributed by atoms with Gasteiger partial charge in [-0.1, -0.05) is 0 Å². The van der Waals surface area contributed by atoms with Crippen molar-refractivity contribution in [2.24, 2.45) is 5.73 Å². The van der Waals surface area contributed by atoms with Crippen LogP contribution in [0.25, 0.3) is 0 Å². The van der Waals surface area contributed by atoms with E-state index in [1.54, 1.807) is 11.9 Å². The van der Waals surface area contributed by atoms with Gasteiger partial charge in [0.2, 0.25) is 0 Å². The molecule has 1 rings (SSSR count). The second-order valence-electron chi connectivity index (χ2n) is 3.10. The van der Waals surface area contributed by atoms with E-state index in [9.17, 15) is 14.5 Å². The monoisotopic (exact) mass is 213 g/mol. The molecule has 5 nitrogen and oxygen atoms in total. The van der Waals surface area contributed by atoms with Crippen molar-refractivity contribution in [3.8, 4) is 0 Å². The molecule has 1 aromatic rings. The van der Waals surface area contributed by atoms with Crippen LogP contribution >= 0.6 is 0 Å².